The summed E-state index contributed by atoms with van der Waals surface area (Å²) in [5, 5.41) is 32.5. The average molecular weight is 489 g/mol. The number of ketones is 1. The maximum atomic E-state index is 12.7. The fraction of sp³-hybridized carbons (Fsp3) is 0.933. The van der Waals surface area contributed by atoms with Crippen LogP contribution in [0.2, 0.25) is 0 Å². The largest absolute Gasteiger partial charge is 0.481 e. The van der Waals surface area contributed by atoms with Gasteiger partial charge in [0.15, 0.2) is 0 Å². The Morgan fingerprint density at radius 2 is 1.51 bits per heavy atom. The summed E-state index contributed by atoms with van der Waals surface area (Å²) in [5.41, 5.74) is -1.21. The van der Waals surface area contributed by atoms with Crippen LogP contribution in [-0.2, 0) is 9.59 Å². The van der Waals surface area contributed by atoms with E-state index in [1.54, 1.807) is 6.92 Å². The Balaban J connectivity index is 1.44. The molecule has 5 nitrogen and oxygen atoms in total. The van der Waals surface area contributed by atoms with Crippen LogP contribution in [0.5, 0.6) is 0 Å². The number of carboxylic acids is 1. The predicted octanol–water partition coefficient (Wildman–Crippen LogP) is 5.46. The highest BCUT2D eigenvalue weighted by Gasteiger charge is 2.85. The molecule has 5 rings (SSSR count). The van der Waals surface area contributed by atoms with Gasteiger partial charge in [0, 0.05) is 24.7 Å². The Hall–Kier alpha value is -0.940. The molecule has 0 saturated heterocycles. The van der Waals surface area contributed by atoms with Crippen molar-refractivity contribution in [2.24, 2.45) is 56.7 Å². The van der Waals surface area contributed by atoms with E-state index in [4.69, 9.17) is 0 Å². The molecule has 5 aliphatic rings. The van der Waals surface area contributed by atoms with Crippen molar-refractivity contribution in [1.29, 1.82) is 0 Å². The summed E-state index contributed by atoms with van der Waals surface area (Å²) in [5.74, 6) is 1.14. The van der Waals surface area contributed by atoms with Crippen LogP contribution in [0, 0.1) is 56.7 Å². The number of Topliss-reactive ketones (excluding diaryl/α,β-unsaturated/α-hetero) is 1. The van der Waals surface area contributed by atoms with E-state index in [1.807, 2.05) is 0 Å². The summed E-state index contributed by atoms with van der Waals surface area (Å²) >= 11 is 0. The highest BCUT2D eigenvalue weighted by Crippen LogP contribution is 2.89. The molecule has 11 unspecified atom stereocenters. The molecule has 5 aliphatic carbocycles. The van der Waals surface area contributed by atoms with Gasteiger partial charge in [0.05, 0.1) is 17.6 Å². The Morgan fingerprint density at radius 1 is 0.857 bits per heavy atom. The fourth-order valence-corrected chi connectivity index (χ4v) is 11.4. The summed E-state index contributed by atoms with van der Waals surface area (Å²) < 4.78 is 0. The molecule has 2 spiro atoms. The highest BCUT2D eigenvalue weighted by molar-refractivity contribution is 5.78. The van der Waals surface area contributed by atoms with Gasteiger partial charge in [-0.15, -0.1) is 0 Å². The third-order valence-corrected chi connectivity index (χ3v) is 13.2. The molecule has 5 fully saturated rings. The average Bonchev–Trinajstić information content (AvgIpc) is 3.36. The van der Waals surface area contributed by atoms with Crippen LogP contribution in [0.1, 0.15) is 106 Å². The van der Waals surface area contributed by atoms with Gasteiger partial charge in [-0.25, -0.2) is 0 Å². The first kappa shape index (κ1) is 25.7. The summed E-state index contributed by atoms with van der Waals surface area (Å²) in [7, 11) is 0. The molecule has 0 heterocycles. The Labute approximate surface area is 211 Å². The molecule has 5 saturated carbocycles. The van der Waals surface area contributed by atoms with Crippen LogP contribution in [0.25, 0.3) is 0 Å². The lowest BCUT2D eigenvalue weighted by Gasteiger charge is -2.63. The first-order chi connectivity index (χ1) is 16.2. The van der Waals surface area contributed by atoms with Crippen molar-refractivity contribution in [2.45, 2.75) is 118 Å². The minimum atomic E-state index is -1.18. The standard InChI is InChI=1S/C30H48O5/c1-17(2)13-19(31)14-18(3)20-9-10-27(5)21-7-8-22-28(6,25(34)35)23(32)15-24(33)30(22)16-29(21,30)12-11-26(20,27)4/h17-18,20-24,32-33H,7-16H2,1-6H3,(H,34,35). The van der Waals surface area contributed by atoms with Crippen LogP contribution in [0.15, 0.2) is 0 Å². The van der Waals surface area contributed by atoms with Gasteiger partial charge in [0.1, 0.15) is 5.78 Å². The van der Waals surface area contributed by atoms with E-state index in [9.17, 15) is 24.9 Å². The Morgan fingerprint density at radius 3 is 2.14 bits per heavy atom. The van der Waals surface area contributed by atoms with Gasteiger partial charge in [-0.1, -0.05) is 34.6 Å². The SMILES string of the molecule is CC(C)CC(=O)CC(C)C1CCC2(C)C3CCC4C(C)(C(=O)O)C(O)CC(O)C45CC35CCC12C. The van der Waals surface area contributed by atoms with Gasteiger partial charge in [-0.05, 0) is 97.7 Å². The zero-order valence-electron chi connectivity index (χ0n) is 22.8. The summed E-state index contributed by atoms with van der Waals surface area (Å²) in [4.78, 5) is 25.2. The molecule has 11 atom stereocenters. The molecule has 5 heteroatoms. The van der Waals surface area contributed by atoms with Crippen LogP contribution >= 0.6 is 0 Å². The van der Waals surface area contributed by atoms with E-state index in [-0.39, 0.29) is 34.0 Å². The molecule has 3 N–H and O–H groups in total. The van der Waals surface area contributed by atoms with E-state index < -0.39 is 23.6 Å². The van der Waals surface area contributed by atoms with Gasteiger partial charge < -0.3 is 15.3 Å². The number of carbonyl (C=O) groups excluding carboxylic acids is 1. The molecule has 0 aromatic rings. The number of fused-ring (bicyclic) bond motifs is 2. The second-order valence-corrected chi connectivity index (χ2v) is 14.7. The second kappa shape index (κ2) is 7.79. The zero-order valence-corrected chi connectivity index (χ0v) is 22.8. The molecule has 0 aromatic carbocycles. The van der Waals surface area contributed by atoms with Crippen molar-refractivity contribution in [2.75, 3.05) is 0 Å². The number of hydrogen-bond acceptors (Lipinski definition) is 4. The number of rotatable bonds is 6. The Kier molecular flexibility index (Phi) is 5.72. The minimum Gasteiger partial charge on any atom is -0.481 e. The van der Waals surface area contributed by atoms with E-state index in [2.05, 4.69) is 34.6 Å². The summed E-state index contributed by atoms with van der Waals surface area (Å²) in [6.07, 6.45) is 7.10. The lowest BCUT2D eigenvalue weighted by Crippen LogP contribution is -2.63. The van der Waals surface area contributed by atoms with Crippen LogP contribution in [-0.4, -0.2) is 39.3 Å². The number of hydrogen-bond donors (Lipinski definition) is 3. The quantitative estimate of drug-likeness (QED) is 0.461. The van der Waals surface area contributed by atoms with Gasteiger partial charge >= 0.3 is 5.97 Å². The Bertz CT molecular complexity index is 914. The van der Waals surface area contributed by atoms with E-state index in [0.29, 0.717) is 42.3 Å². The number of aliphatic carboxylic acids is 1. The van der Waals surface area contributed by atoms with Gasteiger partial charge in [0.25, 0.3) is 0 Å². The maximum absolute atomic E-state index is 12.7. The van der Waals surface area contributed by atoms with Crippen molar-refractivity contribution in [3.8, 4) is 0 Å². The van der Waals surface area contributed by atoms with E-state index in [1.165, 1.54) is 12.8 Å². The molecule has 198 valence electrons. The molecular weight excluding hydrogens is 440 g/mol. The van der Waals surface area contributed by atoms with E-state index in [0.717, 1.165) is 32.1 Å². The van der Waals surface area contributed by atoms with Crippen LogP contribution < -0.4 is 0 Å². The summed E-state index contributed by atoms with van der Waals surface area (Å²) in [6.45, 7) is 13.3. The summed E-state index contributed by atoms with van der Waals surface area (Å²) in [6, 6.07) is 0. The highest BCUT2D eigenvalue weighted by atomic mass is 16.4. The van der Waals surface area contributed by atoms with Crippen molar-refractivity contribution in [1.82, 2.24) is 0 Å². The zero-order chi connectivity index (χ0) is 25.8. The third-order valence-electron chi connectivity index (χ3n) is 13.2. The topological polar surface area (TPSA) is 94.8 Å². The lowest BCUT2D eigenvalue weighted by molar-refractivity contribution is -0.210. The van der Waals surface area contributed by atoms with Gasteiger partial charge in [0.2, 0.25) is 0 Å². The number of aliphatic hydroxyl groups is 2. The lowest BCUT2D eigenvalue weighted by atomic mass is 9.41. The fourth-order valence-electron chi connectivity index (χ4n) is 11.4. The monoisotopic (exact) mass is 488 g/mol. The number of carbonyl (C=O) groups is 2. The van der Waals surface area contributed by atoms with E-state index >= 15 is 0 Å². The maximum Gasteiger partial charge on any atom is 0.312 e. The molecule has 0 aliphatic heterocycles. The van der Waals surface area contributed by atoms with Gasteiger partial charge in [-0.3, -0.25) is 9.59 Å². The molecular formula is C30H48O5. The normalized spacial score (nSPS) is 53.2. The van der Waals surface area contributed by atoms with Crippen molar-refractivity contribution in [3.05, 3.63) is 0 Å². The molecule has 0 aromatic heterocycles. The molecule has 35 heavy (non-hydrogen) atoms. The predicted molar refractivity (Wildman–Crippen MR) is 134 cm³/mol. The first-order valence-electron chi connectivity index (χ1n) is 14.3. The first-order valence-corrected chi connectivity index (χ1v) is 14.3. The third kappa shape index (κ3) is 3.00. The molecule has 0 amide bonds. The smallest absolute Gasteiger partial charge is 0.312 e. The van der Waals surface area contributed by atoms with Crippen LogP contribution in [0.4, 0.5) is 0 Å². The van der Waals surface area contributed by atoms with Crippen molar-refractivity contribution < 1.29 is 24.9 Å². The van der Waals surface area contributed by atoms with Crippen molar-refractivity contribution >= 4 is 11.8 Å². The molecule has 0 radical (unpaired) electrons. The number of aliphatic hydroxyl groups excluding tert-OH is 2. The molecule has 0 bridgehead atoms. The van der Waals surface area contributed by atoms with Gasteiger partial charge in [-0.2, -0.15) is 0 Å². The van der Waals surface area contributed by atoms with Crippen molar-refractivity contribution in [3.63, 3.8) is 0 Å². The minimum absolute atomic E-state index is 0.00599. The van der Waals surface area contributed by atoms with Crippen LogP contribution in [0.3, 0.4) is 0 Å². The number of carboxylic acid groups (broad SMARTS) is 1. The second-order valence-electron chi connectivity index (χ2n) is 14.7.